The number of aromatic hydroxyl groups is 2. The Kier molecular flexibility index (Phi) is 4.71. The molecule has 0 spiro atoms. The van der Waals surface area contributed by atoms with Gasteiger partial charge in [-0.25, -0.2) is 5.43 Å². The van der Waals surface area contributed by atoms with Gasteiger partial charge in [-0.2, -0.15) is 5.10 Å². The second-order valence-electron chi connectivity index (χ2n) is 5.20. The minimum atomic E-state index is -0.629. The van der Waals surface area contributed by atoms with Gasteiger partial charge in [-0.05, 0) is 30.3 Å². The molecule has 2 aromatic carbocycles. The summed E-state index contributed by atoms with van der Waals surface area (Å²) in [6, 6.07) is 16.6. The Labute approximate surface area is 144 Å². The number of amides is 1. The molecule has 25 heavy (non-hydrogen) atoms. The fraction of sp³-hybridized carbons (Fsp3) is 0. The molecule has 0 aliphatic heterocycles. The maximum absolute atomic E-state index is 12.3. The number of aromatic nitrogens is 1. The van der Waals surface area contributed by atoms with Crippen molar-refractivity contribution in [3.05, 3.63) is 89.7 Å². The van der Waals surface area contributed by atoms with Gasteiger partial charge in [0.2, 0.25) is 0 Å². The Morgan fingerprint density at radius 1 is 0.920 bits per heavy atom. The van der Waals surface area contributed by atoms with Gasteiger partial charge in [-0.3, -0.25) is 9.78 Å². The second kappa shape index (κ2) is 7.27. The Morgan fingerprint density at radius 3 is 2.32 bits per heavy atom. The van der Waals surface area contributed by atoms with Crippen molar-refractivity contribution in [2.45, 2.75) is 0 Å². The summed E-state index contributed by atoms with van der Waals surface area (Å²) >= 11 is 0. The molecule has 1 heterocycles. The first-order valence-electron chi connectivity index (χ1n) is 7.51. The van der Waals surface area contributed by atoms with Gasteiger partial charge >= 0.3 is 0 Å². The van der Waals surface area contributed by atoms with Crippen molar-refractivity contribution in [1.29, 1.82) is 0 Å². The van der Waals surface area contributed by atoms with Crippen LogP contribution in [0.15, 0.2) is 78.2 Å². The van der Waals surface area contributed by atoms with E-state index in [1.807, 2.05) is 30.3 Å². The molecule has 0 bridgehead atoms. The van der Waals surface area contributed by atoms with Crippen molar-refractivity contribution in [1.82, 2.24) is 10.4 Å². The van der Waals surface area contributed by atoms with Crippen molar-refractivity contribution in [2.75, 3.05) is 0 Å². The van der Waals surface area contributed by atoms with E-state index in [1.54, 1.807) is 24.5 Å². The van der Waals surface area contributed by atoms with Crippen LogP contribution in [0.25, 0.3) is 0 Å². The number of nitrogens with zero attached hydrogens (tertiary/aromatic N) is 2. The van der Waals surface area contributed by atoms with Crippen molar-refractivity contribution < 1.29 is 15.0 Å². The zero-order valence-electron chi connectivity index (χ0n) is 13.1. The maximum atomic E-state index is 12.3. The number of hydrogen-bond donors (Lipinski definition) is 3. The lowest BCUT2D eigenvalue weighted by Crippen LogP contribution is -2.20. The van der Waals surface area contributed by atoms with E-state index in [1.165, 1.54) is 18.2 Å². The first kappa shape index (κ1) is 16.2. The summed E-state index contributed by atoms with van der Waals surface area (Å²) in [4.78, 5) is 16.3. The summed E-state index contributed by atoms with van der Waals surface area (Å²) in [6.07, 6.45) is 3.27. The Bertz CT molecular complexity index is 868. The number of phenolic OH excluding ortho intramolecular Hbond substituents is 2. The molecule has 1 aromatic heterocycles. The summed E-state index contributed by atoms with van der Waals surface area (Å²) in [5, 5.41) is 23.5. The molecule has 6 heteroatoms. The molecule has 0 radical (unpaired) electrons. The van der Waals surface area contributed by atoms with Gasteiger partial charge in [0.15, 0.2) is 0 Å². The van der Waals surface area contributed by atoms with E-state index in [9.17, 15) is 15.0 Å². The van der Waals surface area contributed by atoms with Gasteiger partial charge in [-0.1, -0.05) is 30.3 Å². The minimum absolute atomic E-state index is 0.0640. The van der Waals surface area contributed by atoms with Crippen LogP contribution in [-0.2, 0) is 0 Å². The molecule has 3 aromatic rings. The predicted octanol–water partition coefficient (Wildman–Crippen LogP) is 2.68. The first-order valence-corrected chi connectivity index (χ1v) is 7.51. The van der Waals surface area contributed by atoms with Crippen LogP contribution in [0.1, 0.15) is 21.5 Å². The van der Waals surface area contributed by atoms with E-state index in [2.05, 4.69) is 15.5 Å². The van der Waals surface area contributed by atoms with Crippen molar-refractivity contribution in [3.8, 4) is 11.5 Å². The summed E-state index contributed by atoms with van der Waals surface area (Å²) in [5.41, 5.74) is 4.50. The minimum Gasteiger partial charge on any atom is -0.508 e. The maximum Gasteiger partial charge on any atom is 0.275 e. The fourth-order valence-electron chi connectivity index (χ4n) is 2.27. The van der Waals surface area contributed by atoms with E-state index >= 15 is 0 Å². The number of carbonyl (C=O) groups excluding carboxylic acids is 1. The molecule has 0 saturated heterocycles. The van der Waals surface area contributed by atoms with Gasteiger partial charge in [-0.15, -0.1) is 0 Å². The number of carbonyl (C=O) groups is 1. The third kappa shape index (κ3) is 3.81. The molecular weight excluding hydrogens is 318 g/mol. The first-order chi connectivity index (χ1) is 12.1. The number of phenols is 2. The Balaban J connectivity index is 1.94. The van der Waals surface area contributed by atoms with Crippen molar-refractivity contribution in [3.63, 3.8) is 0 Å². The Morgan fingerprint density at radius 2 is 1.60 bits per heavy atom. The van der Waals surface area contributed by atoms with Gasteiger partial charge in [0.25, 0.3) is 5.91 Å². The lowest BCUT2D eigenvalue weighted by atomic mass is 10.0. The highest BCUT2D eigenvalue weighted by Crippen LogP contribution is 2.21. The quantitative estimate of drug-likeness (QED) is 0.389. The SMILES string of the molecule is O=C(N/N=C(/c1ccccc1)c1ccncc1)c1cc(O)ccc1O. The number of pyridine rings is 1. The molecule has 3 N–H and O–H groups in total. The third-order valence-electron chi connectivity index (χ3n) is 3.49. The summed E-state index contributed by atoms with van der Waals surface area (Å²) in [5.74, 6) is -0.990. The number of nitrogens with one attached hydrogen (secondary N) is 1. The molecule has 0 atom stereocenters. The highest BCUT2D eigenvalue weighted by atomic mass is 16.3. The van der Waals surface area contributed by atoms with Crippen LogP contribution < -0.4 is 5.43 Å². The van der Waals surface area contributed by atoms with Crippen LogP contribution in [0.4, 0.5) is 0 Å². The van der Waals surface area contributed by atoms with E-state index in [0.717, 1.165) is 11.1 Å². The van der Waals surface area contributed by atoms with E-state index in [0.29, 0.717) is 5.71 Å². The second-order valence-corrected chi connectivity index (χ2v) is 5.20. The molecule has 1 amide bonds. The van der Waals surface area contributed by atoms with Crippen LogP contribution in [-0.4, -0.2) is 26.8 Å². The van der Waals surface area contributed by atoms with Gasteiger partial charge in [0.05, 0.1) is 11.3 Å². The van der Waals surface area contributed by atoms with E-state index in [4.69, 9.17) is 0 Å². The zero-order valence-corrected chi connectivity index (χ0v) is 13.1. The highest BCUT2D eigenvalue weighted by molar-refractivity contribution is 6.13. The fourth-order valence-corrected chi connectivity index (χ4v) is 2.27. The number of rotatable bonds is 4. The van der Waals surface area contributed by atoms with Gasteiger partial charge in [0, 0.05) is 23.5 Å². The average Bonchev–Trinajstić information content (AvgIpc) is 2.65. The molecule has 6 nitrogen and oxygen atoms in total. The summed E-state index contributed by atoms with van der Waals surface area (Å²) in [6.45, 7) is 0. The molecule has 0 unspecified atom stereocenters. The lowest BCUT2D eigenvalue weighted by Gasteiger charge is -2.08. The molecule has 124 valence electrons. The van der Waals surface area contributed by atoms with Crippen LogP contribution in [0.2, 0.25) is 0 Å². The molecule has 0 aliphatic rings. The molecular formula is C19H15N3O3. The lowest BCUT2D eigenvalue weighted by molar-refractivity contribution is 0.0952. The number of benzene rings is 2. The molecule has 0 saturated carbocycles. The number of hydrazone groups is 1. The topological polar surface area (TPSA) is 94.8 Å². The normalized spacial score (nSPS) is 11.1. The monoisotopic (exact) mass is 333 g/mol. The molecule has 0 aliphatic carbocycles. The van der Waals surface area contributed by atoms with Crippen LogP contribution >= 0.6 is 0 Å². The summed E-state index contributed by atoms with van der Waals surface area (Å²) < 4.78 is 0. The number of hydrogen-bond acceptors (Lipinski definition) is 5. The van der Waals surface area contributed by atoms with Crippen LogP contribution in [0.5, 0.6) is 11.5 Å². The third-order valence-corrected chi connectivity index (χ3v) is 3.49. The van der Waals surface area contributed by atoms with E-state index in [-0.39, 0.29) is 17.1 Å². The molecule has 0 fully saturated rings. The van der Waals surface area contributed by atoms with Gasteiger partial charge in [0.1, 0.15) is 11.5 Å². The van der Waals surface area contributed by atoms with Gasteiger partial charge < -0.3 is 10.2 Å². The average molecular weight is 333 g/mol. The predicted molar refractivity (Wildman–Crippen MR) is 93.6 cm³/mol. The van der Waals surface area contributed by atoms with E-state index < -0.39 is 5.91 Å². The standard InChI is InChI=1S/C19H15N3O3/c23-15-6-7-17(24)16(12-15)19(25)22-21-18(13-4-2-1-3-5-13)14-8-10-20-11-9-14/h1-12,23-24H,(H,22,25)/b21-18-. The van der Waals surface area contributed by atoms with Crippen LogP contribution in [0.3, 0.4) is 0 Å². The van der Waals surface area contributed by atoms with Crippen LogP contribution in [0, 0.1) is 0 Å². The highest BCUT2D eigenvalue weighted by Gasteiger charge is 2.13. The van der Waals surface area contributed by atoms with Crippen molar-refractivity contribution >= 4 is 11.6 Å². The van der Waals surface area contributed by atoms with Crippen molar-refractivity contribution in [2.24, 2.45) is 5.10 Å². The zero-order chi connectivity index (χ0) is 17.6. The molecule has 3 rings (SSSR count). The summed E-state index contributed by atoms with van der Waals surface area (Å²) in [7, 11) is 0. The largest absolute Gasteiger partial charge is 0.508 e. The Hall–Kier alpha value is -3.67. The smallest absolute Gasteiger partial charge is 0.275 e.